The highest BCUT2D eigenvalue weighted by Crippen LogP contribution is 2.32. The topological polar surface area (TPSA) is 12.0 Å². The van der Waals surface area contributed by atoms with Gasteiger partial charge in [0.15, 0.2) is 11.6 Å². The Bertz CT molecular complexity index is 451. The number of halogens is 2. The zero-order chi connectivity index (χ0) is 15.2. The van der Waals surface area contributed by atoms with Crippen LogP contribution in [0.4, 0.5) is 8.78 Å². The third-order valence-corrected chi connectivity index (χ3v) is 4.67. The SMILES string of the molecule is CCNC(CC1CCCCCC1)c1ccc(C)c(F)c1F. The van der Waals surface area contributed by atoms with Gasteiger partial charge in [-0.05, 0) is 31.4 Å². The van der Waals surface area contributed by atoms with Crippen LogP contribution < -0.4 is 5.32 Å². The first-order valence-corrected chi connectivity index (χ1v) is 8.31. The molecule has 0 spiro atoms. The summed E-state index contributed by atoms with van der Waals surface area (Å²) in [7, 11) is 0. The maximum absolute atomic E-state index is 14.3. The van der Waals surface area contributed by atoms with Crippen molar-refractivity contribution in [2.75, 3.05) is 6.54 Å². The summed E-state index contributed by atoms with van der Waals surface area (Å²) < 4.78 is 28.1. The number of hydrogen-bond donors (Lipinski definition) is 1. The molecule has 1 aliphatic carbocycles. The van der Waals surface area contributed by atoms with Gasteiger partial charge >= 0.3 is 0 Å². The molecule has 1 aliphatic rings. The van der Waals surface area contributed by atoms with Crippen LogP contribution >= 0.6 is 0 Å². The Labute approximate surface area is 127 Å². The molecule has 118 valence electrons. The summed E-state index contributed by atoms with van der Waals surface area (Å²) in [6.45, 7) is 4.39. The third-order valence-electron chi connectivity index (χ3n) is 4.67. The van der Waals surface area contributed by atoms with Crippen molar-refractivity contribution in [2.24, 2.45) is 5.92 Å². The van der Waals surface area contributed by atoms with E-state index in [-0.39, 0.29) is 6.04 Å². The van der Waals surface area contributed by atoms with Gasteiger partial charge in [-0.15, -0.1) is 0 Å². The van der Waals surface area contributed by atoms with E-state index < -0.39 is 11.6 Å². The summed E-state index contributed by atoms with van der Waals surface area (Å²) >= 11 is 0. The van der Waals surface area contributed by atoms with Gasteiger partial charge in [-0.25, -0.2) is 8.78 Å². The lowest BCUT2D eigenvalue weighted by atomic mass is 9.89. The highest BCUT2D eigenvalue weighted by molar-refractivity contribution is 5.28. The van der Waals surface area contributed by atoms with Crippen LogP contribution in [-0.2, 0) is 0 Å². The molecule has 0 bridgehead atoms. The molecule has 1 N–H and O–H groups in total. The van der Waals surface area contributed by atoms with Crippen LogP contribution in [0.25, 0.3) is 0 Å². The molecular formula is C18H27F2N. The van der Waals surface area contributed by atoms with Crippen LogP contribution in [0.1, 0.15) is 69.0 Å². The minimum Gasteiger partial charge on any atom is -0.310 e. The lowest BCUT2D eigenvalue weighted by Crippen LogP contribution is -2.25. The largest absolute Gasteiger partial charge is 0.310 e. The smallest absolute Gasteiger partial charge is 0.163 e. The summed E-state index contributed by atoms with van der Waals surface area (Å²) in [6, 6.07) is 3.36. The second-order valence-electron chi connectivity index (χ2n) is 6.30. The summed E-state index contributed by atoms with van der Waals surface area (Å²) in [5, 5.41) is 3.35. The van der Waals surface area contributed by atoms with Gasteiger partial charge in [-0.1, -0.05) is 57.6 Å². The van der Waals surface area contributed by atoms with E-state index in [2.05, 4.69) is 5.32 Å². The lowest BCUT2D eigenvalue weighted by molar-refractivity contribution is 0.349. The molecule has 1 saturated carbocycles. The first-order chi connectivity index (χ1) is 10.1. The van der Waals surface area contributed by atoms with Crippen LogP contribution in [-0.4, -0.2) is 6.54 Å². The van der Waals surface area contributed by atoms with Gasteiger partial charge in [0.1, 0.15) is 0 Å². The van der Waals surface area contributed by atoms with E-state index in [0.717, 1.165) is 13.0 Å². The lowest BCUT2D eigenvalue weighted by Gasteiger charge is -2.24. The number of benzene rings is 1. The van der Waals surface area contributed by atoms with Gasteiger partial charge in [0, 0.05) is 11.6 Å². The second kappa shape index (κ2) is 7.88. The van der Waals surface area contributed by atoms with Crippen molar-refractivity contribution in [3.63, 3.8) is 0 Å². The molecule has 0 amide bonds. The second-order valence-corrected chi connectivity index (χ2v) is 6.30. The standard InChI is InChI=1S/C18H27F2N/c1-3-21-16(12-14-8-6-4-5-7-9-14)15-11-10-13(2)17(19)18(15)20/h10-11,14,16,21H,3-9,12H2,1-2H3. The van der Waals surface area contributed by atoms with Crippen molar-refractivity contribution < 1.29 is 8.78 Å². The predicted octanol–water partition coefficient (Wildman–Crippen LogP) is 5.28. The van der Waals surface area contributed by atoms with Crippen LogP contribution in [0.15, 0.2) is 12.1 Å². The molecule has 1 aromatic carbocycles. The van der Waals surface area contributed by atoms with Gasteiger partial charge in [-0.3, -0.25) is 0 Å². The molecule has 0 saturated heterocycles. The summed E-state index contributed by atoms with van der Waals surface area (Å²) in [5.41, 5.74) is 0.866. The van der Waals surface area contributed by atoms with E-state index in [0.29, 0.717) is 17.0 Å². The molecule has 1 fully saturated rings. The average Bonchev–Trinajstić information content (AvgIpc) is 2.73. The fraction of sp³-hybridized carbons (Fsp3) is 0.667. The van der Waals surface area contributed by atoms with Crippen molar-refractivity contribution in [1.82, 2.24) is 5.32 Å². The summed E-state index contributed by atoms with van der Waals surface area (Å²) in [6.07, 6.45) is 8.53. The van der Waals surface area contributed by atoms with Crippen molar-refractivity contribution in [1.29, 1.82) is 0 Å². The fourth-order valence-electron chi connectivity index (χ4n) is 3.43. The first kappa shape index (κ1) is 16.4. The number of aryl methyl sites for hydroxylation is 1. The minimum atomic E-state index is -0.698. The number of hydrogen-bond acceptors (Lipinski definition) is 1. The van der Waals surface area contributed by atoms with E-state index in [1.54, 1.807) is 19.1 Å². The van der Waals surface area contributed by atoms with Crippen molar-refractivity contribution in [3.05, 3.63) is 34.9 Å². The van der Waals surface area contributed by atoms with Crippen LogP contribution in [0.5, 0.6) is 0 Å². The zero-order valence-corrected chi connectivity index (χ0v) is 13.2. The van der Waals surface area contributed by atoms with E-state index in [1.807, 2.05) is 6.92 Å². The molecule has 21 heavy (non-hydrogen) atoms. The molecular weight excluding hydrogens is 268 g/mol. The maximum atomic E-state index is 14.3. The third kappa shape index (κ3) is 4.26. The Morgan fingerprint density at radius 3 is 2.38 bits per heavy atom. The Hall–Kier alpha value is -0.960. The highest BCUT2D eigenvalue weighted by atomic mass is 19.2. The van der Waals surface area contributed by atoms with E-state index >= 15 is 0 Å². The van der Waals surface area contributed by atoms with Gasteiger partial charge in [-0.2, -0.15) is 0 Å². The predicted molar refractivity (Wildman–Crippen MR) is 83.3 cm³/mol. The maximum Gasteiger partial charge on any atom is 0.163 e. The first-order valence-electron chi connectivity index (χ1n) is 8.31. The fourth-order valence-corrected chi connectivity index (χ4v) is 3.43. The molecule has 0 aromatic heterocycles. The average molecular weight is 295 g/mol. The Kier molecular flexibility index (Phi) is 6.16. The van der Waals surface area contributed by atoms with Gasteiger partial charge in [0.05, 0.1) is 0 Å². The van der Waals surface area contributed by atoms with Gasteiger partial charge in [0.2, 0.25) is 0 Å². The van der Waals surface area contributed by atoms with Crippen LogP contribution in [0.2, 0.25) is 0 Å². The van der Waals surface area contributed by atoms with E-state index in [4.69, 9.17) is 0 Å². The van der Waals surface area contributed by atoms with Gasteiger partial charge < -0.3 is 5.32 Å². The van der Waals surface area contributed by atoms with Crippen molar-refractivity contribution >= 4 is 0 Å². The Morgan fingerprint density at radius 1 is 1.10 bits per heavy atom. The van der Waals surface area contributed by atoms with E-state index in [9.17, 15) is 8.78 Å². The number of nitrogens with one attached hydrogen (secondary N) is 1. The summed E-state index contributed by atoms with van der Waals surface area (Å²) in [5.74, 6) is -0.744. The molecule has 1 unspecified atom stereocenters. The monoisotopic (exact) mass is 295 g/mol. The molecule has 0 radical (unpaired) electrons. The minimum absolute atomic E-state index is 0.0757. The van der Waals surface area contributed by atoms with E-state index in [1.165, 1.54) is 38.5 Å². The van der Waals surface area contributed by atoms with Crippen molar-refractivity contribution in [3.8, 4) is 0 Å². The van der Waals surface area contributed by atoms with Gasteiger partial charge in [0.25, 0.3) is 0 Å². The number of rotatable bonds is 5. The summed E-state index contributed by atoms with van der Waals surface area (Å²) in [4.78, 5) is 0. The highest BCUT2D eigenvalue weighted by Gasteiger charge is 2.23. The molecule has 3 heteroatoms. The normalized spacial score (nSPS) is 18.5. The molecule has 0 aliphatic heterocycles. The van der Waals surface area contributed by atoms with Crippen molar-refractivity contribution in [2.45, 2.75) is 64.8 Å². The molecule has 2 rings (SSSR count). The molecule has 1 atom stereocenters. The molecule has 0 heterocycles. The Balaban J connectivity index is 2.16. The quantitative estimate of drug-likeness (QED) is 0.728. The zero-order valence-electron chi connectivity index (χ0n) is 13.2. The Morgan fingerprint density at radius 2 is 1.76 bits per heavy atom. The van der Waals surface area contributed by atoms with Crippen LogP contribution in [0.3, 0.4) is 0 Å². The molecule has 1 nitrogen and oxygen atoms in total. The molecule has 1 aromatic rings. The van der Waals surface area contributed by atoms with Crippen LogP contribution in [0, 0.1) is 24.5 Å².